The second kappa shape index (κ2) is 9.30. The van der Waals surface area contributed by atoms with E-state index in [0.29, 0.717) is 45.0 Å². The van der Waals surface area contributed by atoms with Crippen LogP contribution in [0.15, 0.2) is 23.1 Å². The molecular formula is C20H30N4O5S. The first-order chi connectivity index (χ1) is 14.3. The van der Waals surface area contributed by atoms with Gasteiger partial charge in [0.15, 0.2) is 0 Å². The Morgan fingerprint density at radius 3 is 2.43 bits per heavy atom. The maximum absolute atomic E-state index is 13.3. The van der Waals surface area contributed by atoms with Crippen molar-refractivity contribution in [3.05, 3.63) is 28.3 Å². The largest absolute Gasteiger partial charge is 0.370 e. The highest BCUT2D eigenvalue weighted by molar-refractivity contribution is 7.89. The van der Waals surface area contributed by atoms with Gasteiger partial charge in [-0.15, -0.1) is 0 Å². The van der Waals surface area contributed by atoms with E-state index in [2.05, 4.69) is 0 Å². The number of piperidine rings is 1. The molecule has 166 valence electrons. The number of hydrogen-bond acceptors (Lipinski definition) is 6. The van der Waals surface area contributed by atoms with Crippen LogP contribution in [0.1, 0.15) is 39.5 Å². The molecule has 1 aromatic rings. The molecule has 1 amide bonds. The monoisotopic (exact) mass is 438 g/mol. The molecule has 2 fully saturated rings. The van der Waals surface area contributed by atoms with Crippen molar-refractivity contribution >= 4 is 27.3 Å². The maximum Gasteiger partial charge on any atom is 0.270 e. The Labute approximate surface area is 177 Å². The van der Waals surface area contributed by atoms with Crippen LogP contribution in [0.5, 0.6) is 0 Å². The van der Waals surface area contributed by atoms with Gasteiger partial charge in [0.05, 0.1) is 16.5 Å². The van der Waals surface area contributed by atoms with Crippen molar-refractivity contribution < 1.29 is 18.1 Å². The van der Waals surface area contributed by atoms with Gasteiger partial charge in [-0.05, 0) is 45.6 Å². The summed E-state index contributed by atoms with van der Waals surface area (Å²) in [5, 5.41) is 11.3. The molecule has 2 aliphatic heterocycles. The fourth-order valence-corrected chi connectivity index (χ4v) is 6.09. The normalized spacial score (nSPS) is 20.3. The summed E-state index contributed by atoms with van der Waals surface area (Å²) < 4.78 is 28.0. The molecular weight excluding hydrogens is 408 g/mol. The Morgan fingerprint density at radius 2 is 1.83 bits per heavy atom. The molecule has 10 heteroatoms. The average Bonchev–Trinajstić information content (AvgIpc) is 3.30. The summed E-state index contributed by atoms with van der Waals surface area (Å²) >= 11 is 0. The van der Waals surface area contributed by atoms with Gasteiger partial charge in [0.2, 0.25) is 15.9 Å². The van der Waals surface area contributed by atoms with Crippen molar-refractivity contribution in [3.63, 3.8) is 0 Å². The Balaban J connectivity index is 1.96. The summed E-state index contributed by atoms with van der Waals surface area (Å²) in [7, 11) is -3.85. The minimum atomic E-state index is -3.85. The quantitative estimate of drug-likeness (QED) is 0.478. The van der Waals surface area contributed by atoms with Crippen LogP contribution in [-0.4, -0.2) is 67.7 Å². The lowest BCUT2D eigenvalue weighted by atomic mass is 9.96. The second-order valence-electron chi connectivity index (χ2n) is 7.82. The van der Waals surface area contributed by atoms with E-state index >= 15 is 0 Å². The number of benzene rings is 1. The van der Waals surface area contributed by atoms with Crippen molar-refractivity contribution in [2.75, 3.05) is 44.2 Å². The lowest BCUT2D eigenvalue weighted by Crippen LogP contribution is -2.45. The van der Waals surface area contributed by atoms with E-state index in [4.69, 9.17) is 0 Å². The number of hydrogen-bond donors (Lipinski definition) is 0. The van der Waals surface area contributed by atoms with Crippen LogP contribution in [0, 0.1) is 16.0 Å². The van der Waals surface area contributed by atoms with Gasteiger partial charge in [0.25, 0.3) is 5.69 Å². The molecule has 1 atom stereocenters. The number of nitro benzene ring substituents is 1. The Kier molecular flexibility index (Phi) is 6.97. The van der Waals surface area contributed by atoms with Gasteiger partial charge in [0, 0.05) is 51.4 Å². The third kappa shape index (κ3) is 4.44. The lowest BCUT2D eigenvalue weighted by molar-refractivity contribution is -0.385. The van der Waals surface area contributed by atoms with E-state index in [9.17, 15) is 23.3 Å². The molecule has 0 bridgehead atoms. The minimum absolute atomic E-state index is 0.0328. The van der Waals surface area contributed by atoms with E-state index in [1.165, 1.54) is 22.5 Å². The fraction of sp³-hybridized carbons (Fsp3) is 0.650. The van der Waals surface area contributed by atoms with Gasteiger partial charge in [-0.1, -0.05) is 0 Å². The number of amides is 1. The predicted molar refractivity (Wildman–Crippen MR) is 114 cm³/mol. The standard InChI is InChI=1S/C20H30N4O5S/c1-3-21(4-2)20(25)16-8-7-11-22(15-16)18-10-9-17(24(26)27)14-19(18)30(28,29)23-12-5-6-13-23/h9-10,14,16H,3-8,11-13,15H2,1-2H3/t16-/m1/s1. The second-order valence-corrected chi connectivity index (χ2v) is 9.72. The summed E-state index contributed by atoms with van der Waals surface area (Å²) in [6.45, 7) is 7.03. The predicted octanol–water partition coefficient (Wildman–Crippen LogP) is 2.46. The topological polar surface area (TPSA) is 104 Å². The van der Waals surface area contributed by atoms with Gasteiger partial charge >= 0.3 is 0 Å². The van der Waals surface area contributed by atoms with Crippen LogP contribution in [0.25, 0.3) is 0 Å². The molecule has 3 rings (SSSR count). The highest BCUT2D eigenvalue weighted by Crippen LogP contribution is 2.35. The summed E-state index contributed by atoms with van der Waals surface area (Å²) in [6.07, 6.45) is 3.09. The number of sulfonamides is 1. The van der Waals surface area contributed by atoms with E-state index in [1.54, 1.807) is 4.90 Å². The van der Waals surface area contributed by atoms with Crippen molar-refractivity contribution in [2.45, 2.75) is 44.4 Å². The molecule has 0 aromatic heterocycles. The van der Waals surface area contributed by atoms with Crippen molar-refractivity contribution in [3.8, 4) is 0 Å². The maximum atomic E-state index is 13.3. The first-order valence-corrected chi connectivity index (χ1v) is 12.1. The number of carbonyl (C=O) groups is 1. The first kappa shape index (κ1) is 22.5. The van der Waals surface area contributed by atoms with E-state index in [-0.39, 0.29) is 22.4 Å². The molecule has 2 heterocycles. The molecule has 0 radical (unpaired) electrons. The molecule has 2 aliphatic rings. The van der Waals surface area contributed by atoms with E-state index < -0.39 is 14.9 Å². The number of non-ortho nitro benzene ring substituents is 1. The minimum Gasteiger partial charge on any atom is -0.370 e. The SMILES string of the molecule is CCN(CC)C(=O)[C@@H]1CCCN(c2ccc([N+](=O)[O-])cc2S(=O)(=O)N2CCCC2)C1. The van der Waals surface area contributed by atoms with Crippen LogP contribution in [0.3, 0.4) is 0 Å². The average molecular weight is 439 g/mol. The van der Waals surface area contributed by atoms with Crippen molar-refractivity contribution in [2.24, 2.45) is 5.92 Å². The highest BCUT2D eigenvalue weighted by Gasteiger charge is 2.35. The van der Waals surface area contributed by atoms with Crippen LogP contribution in [-0.2, 0) is 14.8 Å². The van der Waals surface area contributed by atoms with Gasteiger partial charge in [-0.2, -0.15) is 4.31 Å². The summed E-state index contributed by atoms with van der Waals surface area (Å²) in [5.74, 6) is -0.133. The van der Waals surface area contributed by atoms with Gasteiger partial charge in [-0.25, -0.2) is 8.42 Å². The molecule has 0 aliphatic carbocycles. The zero-order valence-corrected chi connectivity index (χ0v) is 18.4. The molecule has 30 heavy (non-hydrogen) atoms. The summed E-state index contributed by atoms with van der Waals surface area (Å²) in [5.41, 5.74) is 0.203. The third-order valence-electron chi connectivity index (χ3n) is 6.02. The Hall–Kier alpha value is -2.20. The van der Waals surface area contributed by atoms with Crippen LogP contribution in [0.4, 0.5) is 11.4 Å². The number of anilines is 1. The van der Waals surface area contributed by atoms with Crippen molar-refractivity contribution in [1.29, 1.82) is 0 Å². The van der Waals surface area contributed by atoms with Crippen LogP contribution >= 0.6 is 0 Å². The molecule has 0 saturated carbocycles. The summed E-state index contributed by atoms with van der Waals surface area (Å²) in [6, 6.07) is 4.03. The molecule has 0 N–H and O–H groups in total. The van der Waals surface area contributed by atoms with E-state index in [0.717, 1.165) is 25.7 Å². The Bertz CT molecular complexity index is 894. The number of nitrogens with zero attached hydrogens (tertiary/aromatic N) is 4. The first-order valence-electron chi connectivity index (χ1n) is 10.6. The lowest BCUT2D eigenvalue weighted by Gasteiger charge is -2.36. The van der Waals surface area contributed by atoms with E-state index in [1.807, 2.05) is 18.7 Å². The molecule has 1 aromatic carbocycles. The zero-order chi connectivity index (χ0) is 21.9. The number of carbonyl (C=O) groups excluding carboxylic acids is 1. The fourth-order valence-electron chi connectivity index (χ4n) is 4.34. The van der Waals surface area contributed by atoms with Crippen LogP contribution < -0.4 is 4.90 Å². The smallest absolute Gasteiger partial charge is 0.270 e. The molecule has 2 saturated heterocycles. The molecule has 9 nitrogen and oxygen atoms in total. The summed E-state index contributed by atoms with van der Waals surface area (Å²) in [4.78, 5) is 27.3. The number of rotatable bonds is 7. The van der Waals surface area contributed by atoms with Crippen LogP contribution in [0.2, 0.25) is 0 Å². The van der Waals surface area contributed by atoms with Gasteiger partial charge in [-0.3, -0.25) is 14.9 Å². The van der Waals surface area contributed by atoms with Gasteiger partial charge < -0.3 is 9.80 Å². The third-order valence-corrected chi connectivity index (χ3v) is 7.95. The van der Waals surface area contributed by atoms with Crippen molar-refractivity contribution in [1.82, 2.24) is 9.21 Å². The van der Waals surface area contributed by atoms with Gasteiger partial charge in [0.1, 0.15) is 4.90 Å². The number of nitro groups is 1. The zero-order valence-electron chi connectivity index (χ0n) is 17.6. The molecule has 0 unspecified atom stereocenters. The Morgan fingerprint density at radius 1 is 1.17 bits per heavy atom. The highest BCUT2D eigenvalue weighted by atomic mass is 32.2. The molecule has 0 spiro atoms.